The van der Waals surface area contributed by atoms with Crippen molar-refractivity contribution in [1.82, 2.24) is 0 Å². The van der Waals surface area contributed by atoms with Crippen LogP contribution in [0.1, 0.15) is 0 Å². The van der Waals surface area contributed by atoms with Crippen molar-refractivity contribution in [1.29, 1.82) is 0 Å². The van der Waals surface area contributed by atoms with E-state index in [0.717, 1.165) is 7.11 Å². The number of hydrogen-bond acceptors (Lipinski definition) is 5. The summed E-state index contributed by atoms with van der Waals surface area (Å²) in [6.45, 7) is 0. The van der Waals surface area contributed by atoms with Crippen LogP contribution in [0.3, 0.4) is 0 Å². The van der Waals surface area contributed by atoms with Gasteiger partial charge in [0.05, 0.1) is 13.1 Å². The summed E-state index contributed by atoms with van der Waals surface area (Å²) in [7, 11) is -0.943. The summed E-state index contributed by atoms with van der Waals surface area (Å²) in [5.74, 6) is -0.278. The molecule has 0 spiro atoms. The summed E-state index contributed by atoms with van der Waals surface area (Å²) in [5, 5.41) is 10.7. The minimum Gasteiger partial charge on any atom is -0.616 e. The number of methoxy groups -OCH3 is 1. The zero-order valence-electron chi connectivity index (χ0n) is 10.9. The number of rotatable bonds is 3. The van der Waals surface area contributed by atoms with Crippen molar-refractivity contribution < 1.29 is 39.5 Å². The maximum Gasteiger partial charge on any atom is 2.00 e. The van der Waals surface area contributed by atoms with E-state index in [1.54, 1.807) is 36.4 Å². The summed E-state index contributed by atoms with van der Waals surface area (Å²) in [6, 6.07) is 6.26. The van der Waals surface area contributed by atoms with Crippen molar-refractivity contribution in [2.24, 2.45) is 0 Å². The first-order valence-corrected chi connectivity index (χ1v) is 6.74. The van der Waals surface area contributed by atoms with Gasteiger partial charge in [-0.1, -0.05) is 24.3 Å². The van der Waals surface area contributed by atoms with E-state index in [1.165, 1.54) is 19.2 Å². The van der Waals surface area contributed by atoms with Gasteiger partial charge in [0.2, 0.25) is 0 Å². The molecule has 7 heteroatoms. The third kappa shape index (κ3) is 5.30. The van der Waals surface area contributed by atoms with Gasteiger partial charge in [-0.15, -0.1) is 0 Å². The monoisotopic (exact) mass is 338 g/mol. The van der Waals surface area contributed by atoms with Gasteiger partial charge in [0, 0.05) is 0 Å². The van der Waals surface area contributed by atoms with E-state index >= 15 is 0 Å². The summed E-state index contributed by atoms with van der Waals surface area (Å²) in [5.41, 5.74) is 0.609. The van der Waals surface area contributed by atoms with Gasteiger partial charge in [-0.25, -0.2) is 6.07 Å². The molecule has 0 unspecified atom stereocenters. The van der Waals surface area contributed by atoms with Crippen LogP contribution < -0.4 is 5.11 Å². The standard InChI is InChI=1S/C7H8O2.C6H7O3S.Fe/c1-9-7(8)6-4-2-3-5-6;1-9-10(7,8)6-4-2-3-5-6;/h2-5,8H,1H3;2-5H,1H3;/q;-1;+2/p-1. The van der Waals surface area contributed by atoms with E-state index < -0.39 is 10.1 Å². The normalized spacial score (nSPS) is 12.4. The van der Waals surface area contributed by atoms with Gasteiger partial charge < -0.3 is 9.84 Å². The van der Waals surface area contributed by atoms with Gasteiger partial charge in [0.15, 0.2) is 0 Å². The van der Waals surface area contributed by atoms with Crippen molar-refractivity contribution in [3.8, 4) is 0 Å². The van der Waals surface area contributed by atoms with Crippen molar-refractivity contribution in [3.63, 3.8) is 0 Å². The van der Waals surface area contributed by atoms with Crippen LogP contribution in [0, 0.1) is 0 Å². The molecule has 5 nitrogen and oxygen atoms in total. The topological polar surface area (TPSA) is 75.7 Å². The molecule has 0 N–H and O–H groups in total. The van der Waals surface area contributed by atoms with E-state index in [-0.39, 0.29) is 27.9 Å². The predicted octanol–water partition coefficient (Wildman–Crippen LogP) is 1.07. The molecule has 1 aromatic carbocycles. The zero-order chi connectivity index (χ0) is 14.3. The van der Waals surface area contributed by atoms with Crippen molar-refractivity contribution in [2.75, 3.05) is 14.2 Å². The molecule has 2 rings (SSSR count). The van der Waals surface area contributed by atoms with Crippen LogP contribution in [0.4, 0.5) is 0 Å². The Balaban J connectivity index is 0.000000345. The second kappa shape index (κ2) is 8.71. The van der Waals surface area contributed by atoms with E-state index in [0.29, 0.717) is 5.57 Å². The Kier molecular flexibility index (Phi) is 8.10. The third-order valence-corrected chi connectivity index (χ3v) is 3.51. The number of ether oxygens (including phenoxy) is 1. The largest absolute Gasteiger partial charge is 2.00 e. The van der Waals surface area contributed by atoms with E-state index in [9.17, 15) is 13.5 Å². The summed E-state index contributed by atoms with van der Waals surface area (Å²) in [4.78, 5) is 0.204. The fraction of sp³-hybridized carbons (Fsp3) is 0.154. The molecule has 0 aliphatic heterocycles. The molecule has 1 aliphatic rings. The van der Waals surface area contributed by atoms with Crippen LogP contribution in [0.5, 0.6) is 0 Å². The summed E-state index contributed by atoms with van der Waals surface area (Å²) in [6.07, 6.45) is 7.02. The first-order valence-electron chi connectivity index (χ1n) is 5.33. The van der Waals surface area contributed by atoms with Crippen molar-refractivity contribution in [2.45, 2.75) is 4.90 Å². The van der Waals surface area contributed by atoms with Crippen LogP contribution in [-0.4, -0.2) is 22.6 Å². The molecular weight excluding hydrogens is 324 g/mol. The third-order valence-electron chi connectivity index (χ3n) is 2.22. The Morgan fingerprint density at radius 3 is 2.25 bits per heavy atom. The average molecular weight is 338 g/mol. The van der Waals surface area contributed by atoms with Crippen molar-refractivity contribution in [3.05, 3.63) is 60.1 Å². The molecule has 20 heavy (non-hydrogen) atoms. The van der Waals surface area contributed by atoms with Crippen LogP contribution in [-0.2, 0) is 36.1 Å². The van der Waals surface area contributed by atoms with Crippen LogP contribution >= 0.6 is 0 Å². The Morgan fingerprint density at radius 2 is 1.85 bits per heavy atom. The minimum atomic E-state index is -3.45. The van der Waals surface area contributed by atoms with E-state index in [2.05, 4.69) is 8.92 Å². The SMILES string of the molecule is COC([O-])=C1C=CC=C1.COS(=O)(=O)c1ccc[cH-]1.[Fe+2]. The Labute approximate surface area is 129 Å². The number of allylic oxidation sites excluding steroid dienone is 5. The molecule has 110 valence electrons. The van der Waals surface area contributed by atoms with Gasteiger partial charge in [-0.3, -0.25) is 4.18 Å². The minimum absolute atomic E-state index is 0. The first-order chi connectivity index (χ1) is 9.01. The molecule has 0 heterocycles. The second-order valence-corrected chi connectivity index (χ2v) is 5.12. The van der Waals surface area contributed by atoms with Gasteiger partial charge in [-0.05, 0) is 17.6 Å². The molecule has 0 saturated heterocycles. The molecule has 0 saturated carbocycles. The molecule has 0 atom stereocenters. The average Bonchev–Trinajstić information content (AvgIpc) is 3.10. The first kappa shape index (κ1) is 18.6. The maximum atomic E-state index is 10.8. The van der Waals surface area contributed by atoms with Gasteiger partial charge in [0.25, 0.3) is 10.1 Å². The second-order valence-electron chi connectivity index (χ2n) is 3.41. The Morgan fingerprint density at radius 1 is 1.25 bits per heavy atom. The summed E-state index contributed by atoms with van der Waals surface area (Å²) < 4.78 is 30.4. The molecule has 0 bridgehead atoms. The summed E-state index contributed by atoms with van der Waals surface area (Å²) >= 11 is 0. The fourth-order valence-corrected chi connectivity index (χ4v) is 1.93. The van der Waals surface area contributed by atoms with Gasteiger partial charge >= 0.3 is 17.1 Å². The van der Waals surface area contributed by atoms with Gasteiger partial charge in [-0.2, -0.15) is 26.6 Å². The van der Waals surface area contributed by atoms with E-state index in [4.69, 9.17) is 0 Å². The number of hydrogen-bond donors (Lipinski definition) is 0. The van der Waals surface area contributed by atoms with Crippen molar-refractivity contribution >= 4 is 10.1 Å². The van der Waals surface area contributed by atoms with Crippen LogP contribution in [0.25, 0.3) is 0 Å². The molecule has 0 radical (unpaired) electrons. The molecular formula is C13H14FeO5S. The molecule has 0 fully saturated rings. The maximum absolute atomic E-state index is 10.8. The Hall–Kier alpha value is -1.40. The molecule has 1 aliphatic carbocycles. The Bertz CT molecular complexity index is 568. The quantitative estimate of drug-likeness (QED) is 0.357. The molecule has 0 aromatic heterocycles. The predicted molar refractivity (Wildman–Crippen MR) is 68.5 cm³/mol. The van der Waals surface area contributed by atoms with Crippen LogP contribution in [0.2, 0.25) is 0 Å². The molecule has 0 amide bonds. The van der Waals surface area contributed by atoms with Gasteiger partial charge in [0.1, 0.15) is 0 Å². The van der Waals surface area contributed by atoms with Crippen LogP contribution in [0.15, 0.2) is 65.0 Å². The van der Waals surface area contributed by atoms with E-state index in [1.807, 2.05) is 0 Å². The zero-order valence-corrected chi connectivity index (χ0v) is 12.8. The fourth-order valence-electron chi connectivity index (χ4n) is 1.25. The molecule has 1 aromatic rings. The smallest absolute Gasteiger partial charge is 0.616 e.